The first-order chi connectivity index (χ1) is 13.1. The predicted molar refractivity (Wildman–Crippen MR) is 100 cm³/mol. The zero-order chi connectivity index (χ0) is 18.3. The molecule has 1 atom stereocenters. The average molecular weight is 425 g/mol. The van der Waals surface area contributed by atoms with E-state index in [1.165, 1.54) is 12.1 Å². The van der Waals surface area contributed by atoms with Crippen LogP contribution < -0.4 is 5.48 Å². The number of hydrogen-bond donors (Lipinski definition) is 2. The van der Waals surface area contributed by atoms with Gasteiger partial charge in [-0.05, 0) is 36.4 Å². The van der Waals surface area contributed by atoms with Gasteiger partial charge in [0, 0.05) is 20.8 Å². The molecule has 0 amide bonds. The van der Waals surface area contributed by atoms with Gasteiger partial charge in [0.1, 0.15) is 17.2 Å². The van der Waals surface area contributed by atoms with Crippen LogP contribution >= 0.6 is 15.9 Å². The van der Waals surface area contributed by atoms with E-state index in [9.17, 15) is 9.18 Å². The first kappa shape index (κ1) is 15.1. The van der Waals surface area contributed by atoms with Gasteiger partial charge in [0.15, 0.2) is 11.9 Å². The minimum absolute atomic E-state index is 0.143. The van der Waals surface area contributed by atoms with Gasteiger partial charge in [-0.25, -0.2) is 4.39 Å². The molecular weight excluding hydrogens is 415 g/mol. The molecule has 6 nitrogen and oxygen atoms in total. The van der Waals surface area contributed by atoms with Crippen LogP contribution in [0.1, 0.15) is 21.9 Å². The first-order valence-corrected chi connectivity index (χ1v) is 9.07. The minimum atomic E-state index is -0.800. The topological polar surface area (TPSA) is 71.4 Å². The Morgan fingerprint density at radius 1 is 1.15 bits per heavy atom. The van der Waals surface area contributed by atoms with Crippen molar-refractivity contribution in [3.05, 3.63) is 69.8 Å². The number of nitrogens with one attached hydrogen (secondary N) is 2. The molecule has 0 fully saturated rings. The summed E-state index contributed by atoms with van der Waals surface area (Å²) in [6.45, 7) is 0. The quantitative estimate of drug-likeness (QED) is 0.488. The van der Waals surface area contributed by atoms with E-state index in [2.05, 4.69) is 31.6 Å². The van der Waals surface area contributed by atoms with E-state index in [0.29, 0.717) is 22.8 Å². The van der Waals surface area contributed by atoms with Crippen LogP contribution in [0.5, 0.6) is 0 Å². The van der Waals surface area contributed by atoms with Crippen molar-refractivity contribution in [3.63, 3.8) is 0 Å². The lowest BCUT2D eigenvalue weighted by atomic mass is 9.95. The third-order valence-corrected chi connectivity index (χ3v) is 5.57. The molecule has 0 spiro atoms. The Morgan fingerprint density at radius 3 is 2.78 bits per heavy atom. The molecule has 0 bridgehead atoms. The van der Waals surface area contributed by atoms with Gasteiger partial charge in [-0.2, -0.15) is 5.10 Å². The van der Waals surface area contributed by atoms with Gasteiger partial charge in [0.05, 0.1) is 11.3 Å². The molecule has 2 aromatic heterocycles. The Balaban J connectivity index is 1.71. The fourth-order valence-electron chi connectivity index (χ4n) is 3.90. The molecule has 6 rings (SSSR count). The molecule has 0 saturated carbocycles. The normalized spacial score (nSPS) is 18.4. The van der Waals surface area contributed by atoms with Crippen molar-refractivity contribution in [2.45, 2.75) is 6.10 Å². The average Bonchev–Trinajstić information content (AvgIpc) is 3.34. The van der Waals surface area contributed by atoms with Crippen molar-refractivity contribution in [2.75, 3.05) is 0 Å². The molecule has 2 aliphatic rings. The van der Waals surface area contributed by atoms with Crippen molar-refractivity contribution < 1.29 is 14.0 Å². The highest BCUT2D eigenvalue weighted by molar-refractivity contribution is 9.10. The Bertz CT molecular complexity index is 1320. The third-order valence-electron chi connectivity index (χ3n) is 5.07. The molecule has 2 N–H and O–H groups in total. The zero-order valence-corrected chi connectivity index (χ0v) is 15.2. The summed E-state index contributed by atoms with van der Waals surface area (Å²) in [6, 6.07) is 11.8. The Morgan fingerprint density at radius 2 is 1.96 bits per heavy atom. The van der Waals surface area contributed by atoms with Crippen LogP contribution in [0.15, 0.2) is 46.9 Å². The second-order valence-corrected chi connectivity index (χ2v) is 7.45. The van der Waals surface area contributed by atoms with Crippen molar-refractivity contribution in [1.82, 2.24) is 20.1 Å². The number of hydroxylamine groups is 1. The van der Waals surface area contributed by atoms with E-state index >= 15 is 0 Å². The molecule has 27 heavy (non-hydrogen) atoms. The number of ketones is 1. The van der Waals surface area contributed by atoms with Gasteiger partial charge < -0.3 is 0 Å². The third kappa shape index (κ3) is 1.86. The molecule has 2 aromatic carbocycles. The molecule has 0 radical (unpaired) electrons. The summed E-state index contributed by atoms with van der Waals surface area (Å²) < 4.78 is 16.1. The fraction of sp³-hybridized carbons (Fsp3) is 0.0526. The molecule has 4 aromatic rings. The molecule has 132 valence electrons. The number of nitrogens with zero attached hydrogens (tertiary/aromatic N) is 2. The molecule has 0 saturated heterocycles. The molecule has 4 heterocycles. The second kappa shape index (κ2) is 5.05. The van der Waals surface area contributed by atoms with Crippen LogP contribution in [0.3, 0.4) is 0 Å². The van der Waals surface area contributed by atoms with E-state index in [4.69, 9.17) is 4.84 Å². The number of aromatic amines is 1. The van der Waals surface area contributed by atoms with Gasteiger partial charge in [-0.1, -0.05) is 22.0 Å². The summed E-state index contributed by atoms with van der Waals surface area (Å²) in [4.78, 5) is 18.9. The largest absolute Gasteiger partial charge is 0.289 e. The van der Waals surface area contributed by atoms with Crippen LogP contribution in [0.2, 0.25) is 0 Å². The molecule has 1 unspecified atom stereocenters. The monoisotopic (exact) mass is 424 g/mol. The molecule has 0 aliphatic carbocycles. The lowest BCUT2D eigenvalue weighted by Gasteiger charge is -2.17. The number of Topliss-reactive ketones (excluding diaryl/α,β-unsaturated/α-hetero) is 1. The van der Waals surface area contributed by atoms with E-state index in [1.54, 1.807) is 12.1 Å². The number of aromatic nitrogens is 3. The van der Waals surface area contributed by atoms with E-state index < -0.39 is 6.10 Å². The number of rotatable bonds is 1. The second-order valence-electron chi connectivity index (χ2n) is 6.53. The lowest BCUT2D eigenvalue weighted by Crippen LogP contribution is -2.30. The van der Waals surface area contributed by atoms with E-state index in [0.717, 1.165) is 26.5 Å². The number of fused-ring (bicyclic) bond motifs is 5. The molecular formula is C19H10BrFN4O2. The highest BCUT2D eigenvalue weighted by Gasteiger charge is 2.44. The summed E-state index contributed by atoms with van der Waals surface area (Å²) in [5.41, 5.74) is 6.12. The number of carbonyl (C=O) groups is 1. The maximum Gasteiger partial charge on any atom is 0.216 e. The molecule has 2 aliphatic heterocycles. The number of benzene rings is 2. The Hall–Kier alpha value is -2.97. The standard InChI is InChI=1S/C19H10BrFN4O2/c20-9-3-6-11-12(7-9)18-22-23-19-13-14(8-1-4-10(21)5-2-8)24-27-17(13)16(26)15(11)25(18)19/h1-7,17,22,24H. The van der Waals surface area contributed by atoms with Gasteiger partial charge in [-0.3, -0.25) is 24.6 Å². The van der Waals surface area contributed by atoms with Crippen molar-refractivity contribution in [2.24, 2.45) is 0 Å². The summed E-state index contributed by atoms with van der Waals surface area (Å²) in [7, 11) is 0. The Kier molecular flexibility index (Phi) is 2.83. The van der Waals surface area contributed by atoms with Gasteiger partial charge in [-0.15, -0.1) is 0 Å². The number of hydrogen-bond acceptors (Lipinski definition) is 4. The summed E-state index contributed by atoms with van der Waals surface area (Å²) >= 11 is 3.48. The number of halogens is 2. The van der Waals surface area contributed by atoms with Crippen LogP contribution in [-0.2, 0) is 4.84 Å². The minimum Gasteiger partial charge on any atom is -0.289 e. The van der Waals surface area contributed by atoms with Crippen LogP contribution in [0, 0.1) is 5.82 Å². The van der Waals surface area contributed by atoms with Gasteiger partial charge in [0.25, 0.3) is 0 Å². The van der Waals surface area contributed by atoms with Crippen LogP contribution in [-0.4, -0.2) is 26.5 Å². The van der Waals surface area contributed by atoms with E-state index in [-0.39, 0.29) is 11.6 Å². The molecule has 8 heteroatoms. The van der Waals surface area contributed by atoms with Gasteiger partial charge in [0.2, 0.25) is 5.78 Å². The fourth-order valence-corrected chi connectivity index (χ4v) is 4.27. The summed E-state index contributed by atoms with van der Waals surface area (Å²) in [5.74, 6) is 0.142. The van der Waals surface area contributed by atoms with Crippen molar-refractivity contribution in [1.29, 1.82) is 0 Å². The predicted octanol–water partition coefficient (Wildman–Crippen LogP) is 3.69. The SMILES string of the molecule is O=C1c2c3ccc(Br)cc3c3[nH]nc(n23)C2=C(c3ccc(F)cc3)NOC12. The van der Waals surface area contributed by atoms with Crippen molar-refractivity contribution in [3.8, 4) is 0 Å². The van der Waals surface area contributed by atoms with Crippen LogP contribution in [0.4, 0.5) is 4.39 Å². The highest BCUT2D eigenvalue weighted by Crippen LogP contribution is 2.41. The van der Waals surface area contributed by atoms with Gasteiger partial charge >= 0.3 is 0 Å². The summed E-state index contributed by atoms with van der Waals surface area (Å²) in [6.07, 6.45) is -0.800. The highest BCUT2D eigenvalue weighted by atomic mass is 79.9. The summed E-state index contributed by atoms with van der Waals surface area (Å²) in [5, 5.41) is 9.25. The zero-order valence-electron chi connectivity index (χ0n) is 13.6. The Labute approximate surface area is 159 Å². The smallest absolute Gasteiger partial charge is 0.216 e. The first-order valence-electron chi connectivity index (χ1n) is 8.28. The van der Waals surface area contributed by atoms with Crippen molar-refractivity contribution >= 4 is 49.4 Å². The van der Waals surface area contributed by atoms with Crippen LogP contribution in [0.25, 0.3) is 27.7 Å². The maximum atomic E-state index is 13.3. The number of carbonyl (C=O) groups excluding carboxylic acids is 1. The maximum absolute atomic E-state index is 13.3. The number of H-pyrrole nitrogens is 1. The van der Waals surface area contributed by atoms with E-state index in [1.807, 2.05) is 22.6 Å². The lowest BCUT2D eigenvalue weighted by molar-refractivity contribution is 0.0422.